The standard InChI is InChI=1S/C13H19NO6S/c1-11(20-21(2,16)17)18-9-8-14-13(15)19-10-12-6-4-3-5-7-12/h3-7,11H,8-10H2,1-2H3,(H,14,15). The van der Waals surface area contributed by atoms with Crippen molar-refractivity contribution in [2.24, 2.45) is 0 Å². The van der Waals surface area contributed by atoms with Crippen LogP contribution in [-0.4, -0.2) is 40.2 Å². The van der Waals surface area contributed by atoms with Crippen LogP contribution in [0.2, 0.25) is 0 Å². The number of rotatable bonds is 8. The summed E-state index contributed by atoms with van der Waals surface area (Å²) in [4.78, 5) is 11.4. The number of carbonyl (C=O) groups excluding carboxylic acids is 1. The molecule has 1 atom stereocenters. The van der Waals surface area contributed by atoms with Gasteiger partial charge in [-0.3, -0.25) is 0 Å². The van der Waals surface area contributed by atoms with Crippen LogP contribution in [0.15, 0.2) is 30.3 Å². The number of carbonyl (C=O) groups is 1. The molecule has 1 unspecified atom stereocenters. The predicted molar refractivity (Wildman–Crippen MR) is 76.0 cm³/mol. The summed E-state index contributed by atoms with van der Waals surface area (Å²) in [6.07, 6.45) is -0.534. The molecule has 0 aromatic heterocycles. The van der Waals surface area contributed by atoms with Crippen molar-refractivity contribution in [1.29, 1.82) is 0 Å². The van der Waals surface area contributed by atoms with Gasteiger partial charge in [0.2, 0.25) is 0 Å². The summed E-state index contributed by atoms with van der Waals surface area (Å²) < 4.78 is 36.2. The van der Waals surface area contributed by atoms with Crippen LogP contribution >= 0.6 is 0 Å². The maximum atomic E-state index is 11.4. The lowest BCUT2D eigenvalue weighted by Gasteiger charge is -2.12. The van der Waals surface area contributed by atoms with E-state index in [4.69, 9.17) is 9.47 Å². The Bertz CT molecular complexity index is 531. The van der Waals surface area contributed by atoms with Crippen LogP contribution in [0.5, 0.6) is 0 Å². The van der Waals surface area contributed by atoms with Gasteiger partial charge in [0, 0.05) is 6.54 Å². The highest BCUT2D eigenvalue weighted by Crippen LogP contribution is 2.00. The van der Waals surface area contributed by atoms with E-state index in [2.05, 4.69) is 9.50 Å². The fourth-order valence-corrected chi connectivity index (χ4v) is 1.97. The van der Waals surface area contributed by atoms with Crippen molar-refractivity contribution in [3.05, 3.63) is 35.9 Å². The second kappa shape index (κ2) is 8.60. The lowest BCUT2D eigenvalue weighted by atomic mass is 10.2. The van der Waals surface area contributed by atoms with Crippen molar-refractivity contribution in [2.45, 2.75) is 19.8 Å². The van der Waals surface area contributed by atoms with Crippen LogP contribution in [-0.2, 0) is 30.4 Å². The minimum absolute atomic E-state index is 0.108. The molecule has 0 saturated carbocycles. The van der Waals surface area contributed by atoms with E-state index in [1.165, 1.54) is 6.92 Å². The molecule has 0 radical (unpaired) electrons. The first-order chi connectivity index (χ1) is 9.87. The summed E-state index contributed by atoms with van der Waals surface area (Å²) >= 11 is 0. The quantitative estimate of drug-likeness (QED) is 0.441. The Morgan fingerprint density at radius 1 is 1.29 bits per heavy atom. The SMILES string of the molecule is CC(OCCNC(=O)OCc1ccccc1)OS(C)(=O)=O. The summed E-state index contributed by atoms with van der Waals surface area (Å²) in [5.41, 5.74) is 0.888. The number of hydrogen-bond acceptors (Lipinski definition) is 6. The molecule has 21 heavy (non-hydrogen) atoms. The van der Waals surface area contributed by atoms with Gasteiger partial charge >= 0.3 is 6.09 Å². The van der Waals surface area contributed by atoms with Crippen molar-refractivity contribution in [3.8, 4) is 0 Å². The van der Waals surface area contributed by atoms with Gasteiger partial charge in [-0.25, -0.2) is 8.98 Å². The van der Waals surface area contributed by atoms with Crippen LogP contribution in [0, 0.1) is 0 Å². The van der Waals surface area contributed by atoms with Crippen molar-refractivity contribution in [2.75, 3.05) is 19.4 Å². The normalized spacial score (nSPS) is 12.7. The Labute approximate surface area is 124 Å². The lowest BCUT2D eigenvalue weighted by molar-refractivity contribution is -0.0604. The molecule has 0 aliphatic heterocycles. The molecule has 0 aliphatic rings. The molecule has 0 bridgehead atoms. The minimum Gasteiger partial charge on any atom is -0.445 e. The fraction of sp³-hybridized carbons (Fsp3) is 0.462. The molecule has 1 aromatic rings. The maximum Gasteiger partial charge on any atom is 0.407 e. The molecule has 0 heterocycles. The van der Waals surface area contributed by atoms with Gasteiger partial charge in [-0.1, -0.05) is 30.3 Å². The Morgan fingerprint density at radius 2 is 1.95 bits per heavy atom. The van der Waals surface area contributed by atoms with E-state index in [9.17, 15) is 13.2 Å². The zero-order valence-corrected chi connectivity index (χ0v) is 12.8. The highest BCUT2D eigenvalue weighted by Gasteiger charge is 2.10. The molecule has 118 valence electrons. The zero-order valence-electron chi connectivity index (χ0n) is 11.9. The van der Waals surface area contributed by atoms with E-state index in [-0.39, 0.29) is 19.8 Å². The molecule has 7 nitrogen and oxygen atoms in total. The Hall–Kier alpha value is -1.64. The first kappa shape index (κ1) is 17.4. The van der Waals surface area contributed by atoms with Gasteiger partial charge < -0.3 is 14.8 Å². The largest absolute Gasteiger partial charge is 0.445 e. The van der Waals surface area contributed by atoms with Gasteiger partial charge in [-0.2, -0.15) is 8.42 Å². The van der Waals surface area contributed by atoms with Crippen molar-refractivity contribution in [3.63, 3.8) is 0 Å². The lowest BCUT2D eigenvalue weighted by Crippen LogP contribution is -2.29. The van der Waals surface area contributed by atoms with Gasteiger partial charge in [0.1, 0.15) is 6.61 Å². The number of hydrogen-bond donors (Lipinski definition) is 1. The highest BCUT2D eigenvalue weighted by molar-refractivity contribution is 7.86. The first-order valence-corrected chi connectivity index (χ1v) is 8.13. The van der Waals surface area contributed by atoms with E-state index >= 15 is 0 Å². The van der Waals surface area contributed by atoms with Crippen LogP contribution in [0.4, 0.5) is 4.79 Å². The second-order valence-corrected chi connectivity index (χ2v) is 5.83. The van der Waals surface area contributed by atoms with E-state index in [0.717, 1.165) is 11.8 Å². The summed E-state index contributed by atoms with van der Waals surface area (Å²) in [5, 5.41) is 2.48. The molecule has 0 saturated heterocycles. The molecular formula is C13H19NO6S. The van der Waals surface area contributed by atoms with Crippen LogP contribution in [0.3, 0.4) is 0 Å². The van der Waals surface area contributed by atoms with Crippen LogP contribution < -0.4 is 5.32 Å². The van der Waals surface area contributed by atoms with Crippen molar-refractivity contribution < 1.29 is 26.9 Å². The average Bonchev–Trinajstić information content (AvgIpc) is 2.40. The van der Waals surface area contributed by atoms with Gasteiger partial charge in [0.15, 0.2) is 6.29 Å². The Morgan fingerprint density at radius 3 is 2.57 bits per heavy atom. The molecule has 1 amide bonds. The molecule has 0 fully saturated rings. The summed E-state index contributed by atoms with van der Waals surface area (Å²) in [5.74, 6) is 0. The van der Waals surface area contributed by atoms with Gasteiger partial charge in [-0.05, 0) is 12.5 Å². The Kier molecular flexibility index (Phi) is 7.13. The monoisotopic (exact) mass is 317 g/mol. The number of alkyl carbamates (subject to hydrolysis) is 1. The van der Waals surface area contributed by atoms with Crippen LogP contribution in [0.25, 0.3) is 0 Å². The average molecular weight is 317 g/mol. The fourth-order valence-electron chi connectivity index (χ4n) is 1.43. The zero-order chi connectivity index (χ0) is 15.7. The van der Waals surface area contributed by atoms with Crippen LogP contribution in [0.1, 0.15) is 12.5 Å². The second-order valence-electron chi connectivity index (χ2n) is 4.23. The molecule has 1 rings (SSSR count). The topological polar surface area (TPSA) is 90.9 Å². The molecule has 1 N–H and O–H groups in total. The van der Waals surface area contributed by atoms with E-state index in [1.807, 2.05) is 30.3 Å². The third kappa shape index (κ3) is 9.01. The molecule has 8 heteroatoms. The van der Waals surface area contributed by atoms with E-state index in [0.29, 0.717) is 0 Å². The summed E-state index contributed by atoms with van der Waals surface area (Å²) in [6.45, 7) is 1.93. The number of nitrogens with one attached hydrogen (secondary N) is 1. The number of ether oxygens (including phenoxy) is 2. The number of amides is 1. The molecular weight excluding hydrogens is 298 g/mol. The smallest absolute Gasteiger partial charge is 0.407 e. The molecule has 1 aromatic carbocycles. The third-order valence-electron chi connectivity index (χ3n) is 2.25. The van der Waals surface area contributed by atoms with Gasteiger partial charge in [0.25, 0.3) is 10.1 Å². The first-order valence-electron chi connectivity index (χ1n) is 6.31. The van der Waals surface area contributed by atoms with E-state index < -0.39 is 22.5 Å². The van der Waals surface area contributed by atoms with Crippen molar-refractivity contribution >= 4 is 16.2 Å². The molecule has 0 spiro atoms. The maximum absolute atomic E-state index is 11.4. The third-order valence-corrected chi connectivity index (χ3v) is 2.87. The van der Waals surface area contributed by atoms with E-state index in [1.54, 1.807) is 0 Å². The van der Waals surface area contributed by atoms with Gasteiger partial charge in [0.05, 0.1) is 12.9 Å². The predicted octanol–water partition coefficient (Wildman–Crippen LogP) is 1.25. The summed E-state index contributed by atoms with van der Waals surface area (Å²) in [7, 11) is -3.55. The van der Waals surface area contributed by atoms with Gasteiger partial charge in [-0.15, -0.1) is 0 Å². The minimum atomic E-state index is -3.55. The highest BCUT2D eigenvalue weighted by atomic mass is 32.2. The van der Waals surface area contributed by atoms with Crippen molar-refractivity contribution in [1.82, 2.24) is 5.32 Å². The molecule has 0 aliphatic carbocycles. The summed E-state index contributed by atoms with van der Waals surface area (Å²) in [6, 6.07) is 9.28. The Balaban J connectivity index is 2.11. The number of benzene rings is 1.